The summed E-state index contributed by atoms with van der Waals surface area (Å²) in [6.07, 6.45) is 0.786. The number of carboxylic acids is 1. The molecule has 170 valence electrons. The van der Waals surface area contributed by atoms with Crippen LogP contribution in [0.25, 0.3) is 11.0 Å². The number of furan rings is 1. The Hall–Kier alpha value is -2.99. The molecule has 7 heteroatoms. The minimum absolute atomic E-state index is 0.0408. The zero-order chi connectivity index (χ0) is 23.4. The van der Waals surface area contributed by atoms with E-state index >= 15 is 0 Å². The predicted molar refractivity (Wildman–Crippen MR) is 127 cm³/mol. The number of hydrogen-bond acceptors (Lipinski definition) is 4. The van der Waals surface area contributed by atoms with Gasteiger partial charge in [-0.25, -0.2) is 0 Å². The molecule has 1 atom stereocenters. The van der Waals surface area contributed by atoms with E-state index in [2.05, 4.69) is 19.2 Å². The van der Waals surface area contributed by atoms with Crippen LogP contribution >= 0.6 is 11.6 Å². The lowest BCUT2D eigenvalue weighted by Gasteiger charge is -2.21. The molecule has 32 heavy (non-hydrogen) atoms. The van der Waals surface area contributed by atoms with E-state index in [4.69, 9.17) is 21.1 Å². The summed E-state index contributed by atoms with van der Waals surface area (Å²) in [5.41, 5.74) is 3.26. The van der Waals surface area contributed by atoms with Gasteiger partial charge in [-0.05, 0) is 61.7 Å². The molecule has 0 bridgehead atoms. The van der Waals surface area contributed by atoms with Crippen molar-refractivity contribution in [1.29, 1.82) is 0 Å². The Morgan fingerprint density at radius 2 is 1.84 bits per heavy atom. The molecular weight excluding hydrogens is 428 g/mol. The molecule has 0 spiro atoms. The molecular formula is C25H29ClN2O4. The maximum atomic E-state index is 12.5. The number of carbonyl (C=O) groups is 2. The number of rotatable bonds is 9. The fraction of sp³-hybridized carbons (Fsp3) is 0.360. The molecule has 0 aliphatic rings. The number of hydrogen-bond donors (Lipinski definition) is 2. The number of benzene rings is 2. The number of nitrogens with zero attached hydrogens (tertiary/aromatic N) is 1. The van der Waals surface area contributed by atoms with Crippen LogP contribution in [0.4, 0.5) is 5.69 Å². The summed E-state index contributed by atoms with van der Waals surface area (Å²) >= 11 is 6.17. The highest BCUT2D eigenvalue weighted by atomic mass is 35.5. The van der Waals surface area contributed by atoms with Gasteiger partial charge in [0, 0.05) is 40.8 Å². The van der Waals surface area contributed by atoms with Gasteiger partial charge in [-0.1, -0.05) is 25.4 Å². The topological polar surface area (TPSA) is 82.8 Å². The first-order chi connectivity index (χ1) is 15.2. The summed E-state index contributed by atoms with van der Waals surface area (Å²) < 4.78 is 6.20. The molecule has 0 saturated carbocycles. The maximum Gasteiger partial charge on any atom is 0.305 e. The van der Waals surface area contributed by atoms with Crippen molar-refractivity contribution in [3.63, 3.8) is 0 Å². The van der Waals surface area contributed by atoms with E-state index in [0.717, 1.165) is 34.4 Å². The molecule has 1 amide bonds. The Labute approximate surface area is 193 Å². The Kier molecular flexibility index (Phi) is 7.46. The molecule has 3 aromatic rings. The molecule has 1 heterocycles. The highest BCUT2D eigenvalue weighted by Gasteiger charge is 2.22. The first-order valence-electron chi connectivity index (χ1n) is 10.7. The number of halogens is 1. The number of nitrogens with one attached hydrogen (secondary N) is 1. The van der Waals surface area contributed by atoms with Gasteiger partial charge in [-0.15, -0.1) is 0 Å². The second-order valence-electron chi connectivity index (χ2n) is 8.51. The van der Waals surface area contributed by atoms with Crippen molar-refractivity contribution >= 4 is 40.1 Å². The minimum atomic E-state index is -0.927. The first kappa shape index (κ1) is 23.7. The van der Waals surface area contributed by atoms with E-state index in [-0.39, 0.29) is 24.9 Å². The van der Waals surface area contributed by atoms with E-state index in [1.807, 2.05) is 37.3 Å². The monoisotopic (exact) mass is 456 g/mol. The maximum absolute atomic E-state index is 12.5. The van der Waals surface area contributed by atoms with E-state index in [9.17, 15) is 9.59 Å². The van der Waals surface area contributed by atoms with Crippen LogP contribution in [-0.2, 0) is 4.79 Å². The second-order valence-corrected chi connectivity index (χ2v) is 8.94. The van der Waals surface area contributed by atoms with Crippen molar-refractivity contribution in [2.75, 3.05) is 18.9 Å². The molecule has 0 fully saturated rings. The average molecular weight is 457 g/mol. The second kappa shape index (κ2) is 10.1. The van der Waals surface area contributed by atoms with Gasteiger partial charge in [0.1, 0.15) is 11.3 Å². The summed E-state index contributed by atoms with van der Waals surface area (Å²) in [7, 11) is 1.60. The molecule has 0 aliphatic heterocycles. The van der Waals surface area contributed by atoms with Gasteiger partial charge in [-0.3, -0.25) is 9.59 Å². The standard InChI is InChI=1S/C25H29ClN2O4/c1-15(2)13-21(24-16(3)20-14-18(26)7-10-22(20)32-24)27-19-8-5-17(6-9-19)25(31)28(4)12-11-23(29)30/h5-10,14-15,21,27H,11-13H2,1-4H3,(H,29,30). The molecule has 1 unspecified atom stereocenters. The Morgan fingerprint density at radius 1 is 1.16 bits per heavy atom. The fourth-order valence-electron chi connectivity index (χ4n) is 3.74. The Morgan fingerprint density at radius 3 is 2.47 bits per heavy atom. The van der Waals surface area contributed by atoms with Crippen LogP contribution in [0, 0.1) is 12.8 Å². The Bertz CT molecular complexity index is 1110. The molecule has 6 nitrogen and oxygen atoms in total. The van der Waals surface area contributed by atoms with Gasteiger partial charge in [0.05, 0.1) is 12.5 Å². The number of fused-ring (bicyclic) bond motifs is 1. The quantitative estimate of drug-likeness (QED) is 0.404. The molecule has 3 rings (SSSR count). The summed E-state index contributed by atoms with van der Waals surface area (Å²) in [5.74, 6) is 0.182. The average Bonchev–Trinajstić information content (AvgIpc) is 3.07. The van der Waals surface area contributed by atoms with Crippen molar-refractivity contribution in [3.8, 4) is 0 Å². The smallest absolute Gasteiger partial charge is 0.305 e. The van der Waals surface area contributed by atoms with Crippen LogP contribution in [-0.4, -0.2) is 35.5 Å². The molecule has 1 aromatic heterocycles. The third kappa shape index (κ3) is 5.62. The number of carboxylic acid groups (broad SMARTS) is 1. The Balaban J connectivity index is 1.80. The van der Waals surface area contributed by atoms with Crippen LogP contribution < -0.4 is 5.32 Å². The van der Waals surface area contributed by atoms with Gasteiger partial charge in [0.15, 0.2) is 0 Å². The summed E-state index contributed by atoms with van der Waals surface area (Å²) in [6.45, 7) is 6.54. The van der Waals surface area contributed by atoms with E-state index in [0.29, 0.717) is 16.5 Å². The molecule has 2 N–H and O–H groups in total. The third-order valence-electron chi connectivity index (χ3n) is 5.44. The molecule has 0 aliphatic carbocycles. The first-order valence-corrected chi connectivity index (χ1v) is 11.1. The SMILES string of the molecule is Cc1c(C(CC(C)C)Nc2ccc(C(=O)N(C)CCC(=O)O)cc2)oc2ccc(Cl)cc12. The van der Waals surface area contributed by atoms with Crippen molar-refractivity contribution in [3.05, 3.63) is 64.4 Å². The predicted octanol–water partition coefficient (Wildman–Crippen LogP) is 6.14. The summed E-state index contributed by atoms with van der Waals surface area (Å²) in [6, 6.07) is 12.8. The van der Waals surface area contributed by atoms with Gasteiger partial charge in [0.25, 0.3) is 5.91 Å². The normalized spacial score (nSPS) is 12.2. The number of aryl methyl sites for hydroxylation is 1. The lowest BCUT2D eigenvalue weighted by atomic mass is 9.98. The number of carbonyl (C=O) groups excluding carboxylic acids is 1. The number of amides is 1. The fourth-order valence-corrected chi connectivity index (χ4v) is 3.91. The van der Waals surface area contributed by atoms with E-state index in [1.165, 1.54) is 4.90 Å². The highest BCUT2D eigenvalue weighted by molar-refractivity contribution is 6.31. The van der Waals surface area contributed by atoms with Crippen LogP contribution in [0.15, 0.2) is 46.9 Å². The minimum Gasteiger partial charge on any atom is -0.481 e. The van der Waals surface area contributed by atoms with E-state index < -0.39 is 5.97 Å². The van der Waals surface area contributed by atoms with Crippen molar-refractivity contribution < 1.29 is 19.1 Å². The van der Waals surface area contributed by atoms with Crippen LogP contribution in [0.5, 0.6) is 0 Å². The number of anilines is 1. The summed E-state index contributed by atoms with van der Waals surface area (Å²) in [4.78, 5) is 24.7. The van der Waals surface area contributed by atoms with E-state index in [1.54, 1.807) is 19.2 Å². The van der Waals surface area contributed by atoms with Crippen molar-refractivity contribution in [2.24, 2.45) is 5.92 Å². The van der Waals surface area contributed by atoms with Gasteiger partial charge < -0.3 is 19.7 Å². The zero-order valence-corrected chi connectivity index (χ0v) is 19.6. The van der Waals surface area contributed by atoms with Crippen molar-refractivity contribution in [1.82, 2.24) is 4.90 Å². The van der Waals surface area contributed by atoms with Gasteiger partial charge in [0.2, 0.25) is 0 Å². The highest BCUT2D eigenvalue weighted by Crippen LogP contribution is 2.35. The molecule has 0 radical (unpaired) electrons. The summed E-state index contributed by atoms with van der Waals surface area (Å²) in [5, 5.41) is 14.0. The number of aliphatic carboxylic acids is 1. The lowest BCUT2D eigenvalue weighted by Crippen LogP contribution is -2.29. The van der Waals surface area contributed by atoms with Crippen LogP contribution in [0.2, 0.25) is 5.02 Å². The van der Waals surface area contributed by atoms with Crippen LogP contribution in [0.1, 0.15) is 54.4 Å². The van der Waals surface area contributed by atoms with Gasteiger partial charge >= 0.3 is 5.97 Å². The zero-order valence-electron chi connectivity index (χ0n) is 18.8. The van der Waals surface area contributed by atoms with Crippen LogP contribution in [0.3, 0.4) is 0 Å². The lowest BCUT2D eigenvalue weighted by molar-refractivity contribution is -0.137. The van der Waals surface area contributed by atoms with Crippen molar-refractivity contribution in [2.45, 2.75) is 39.7 Å². The largest absolute Gasteiger partial charge is 0.481 e. The molecule has 2 aromatic carbocycles. The third-order valence-corrected chi connectivity index (χ3v) is 5.67. The molecule has 0 saturated heterocycles. The van der Waals surface area contributed by atoms with Gasteiger partial charge in [-0.2, -0.15) is 0 Å².